The number of nitrogens with zero attached hydrogens (tertiary/aromatic N) is 1. The highest BCUT2D eigenvalue weighted by molar-refractivity contribution is 9.10. The van der Waals surface area contributed by atoms with Gasteiger partial charge in [0.15, 0.2) is 5.82 Å². The van der Waals surface area contributed by atoms with E-state index in [0.717, 1.165) is 5.56 Å². The summed E-state index contributed by atoms with van der Waals surface area (Å²) in [5.41, 5.74) is 1.02. The largest absolute Gasteiger partial charge is 0.316 e. The van der Waals surface area contributed by atoms with E-state index in [9.17, 15) is 8.42 Å². The number of anilines is 1. The second-order valence-corrected chi connectivity index (χ2v) is 6.65. The molecule has 0 aliphatic carbocycles. The molecule has 7 heteroatoms. The normalized spacial score (nSPS) is 11.3. The van der Waals surface area contributed by atoms with Crippen molar-refractivity contribution in [1.29, 1.82) is 0 Å². The molecule has 0 atom stereocenters. The van der Waals surface area contributed by atoms with Crippen molar-refractivity contribution in [1.82, 2.24) is 10.3 Å². The molecule has 1 aromatic heterocycles. The minimum Gasteiger partial charge on any atom is -0.316 e. The van der Waals surface area contributed by atoms with Crippen LogP contribution in [0.5, 0.6) is 0 Å². The Kier molecular flexibility index (Phi) is 4.74. The summed E-state index contributed by atoms with van der Waals surface area (Å²) in [4.78, 5) is 4.19. The Hall–Kier alpha value is -1.44. The van der Waals surface area contributed by atoms with Crippen molar-refractivity contribution in [3.05, 3.63) is 52.6 Å². The van der Waals surface area contributed by atoms with E-state index in [0.29, 0.717) is 11.0 Å². The lowest BCUT2D eigenvalue weighted by atomic mass is 10.2. The van der Waals surface area contributed by atoms with Crippen LogP contribution in [0.15, 0.2) is 52.0 Å². The van der Waals surface area contributed by atoms with Gasteiger partial charge in [-0.1, -0.05) is 12.1 Å². The maximum atomic E-state index is 12.2. The number of benzene rings is 1. The van der Waals surface area contributed by atoms with Gasteiger partial charge in [0.1, 0.15) is 0 Å². The quantitative estimate of drug-likeness (QED) is 0.863. The first-order valence-electron chi connectivity index (χ1n) is 5.90. The van der Waals surface area contributed by atoms with Gasteiger partial charge in [-0.15, -0.1) is 0 Å². The average molecular weight is 356 g/mol. The van der Waals surface area contributed by atoms with Crippen LogP contribution >= 0.6 is 15.9 Å². The molecule has 5 nitrogen and oxygen atoms in total. The van der Waals surface area contributed by atoms with Gasteiger partial charge in [-0.25, -0.2) is 13.4 Å². The van der Waals surface area contributed by atoms with Crippen molar-refractivity contribution < 1.29 is 8.42 Å². The fourth-order valence-electron chi connectivity index (χ4n) is 1.64. The second kappa shape index (κ2) is 6.34. The van der Waals surface area contributed by atoms with E-state index in [1.54, 1.807) is 36.4 Å². The number of halogens is 1. The zero-order valence-electron chi connectivity index (χ0n) is 10.8. The Balaban J connectivity index is 2.24. The molecule has 2 aromatic rings. The van der Waals surface area contributed by atoms with Gasteiger partial charge in [0.25, 0.3) is 10.0 Å². The van der Waals surface area contributed by atoms with Crippen LogP contribution in [0, 0.1) is 0 Å². The average Bonchev–Trinajstić information content (AvgIpc) is 2.42. The van der Waals surface area contributed by atoms with E-state index in [-0.39, 0.29) is 10.7 Å². The molecule has 0 fully saturated rings. The van der Waals surface area contributed by atoms with Crippen molar-refractivity contribution >= 4 is 31.8 Å². The van der Waals surface area contributed by atoms with E-state index < -0.39 is 10.0 Å². The molecule has 0 aliphatic heterocycles. The first-order valence-corrected chi connectivity index (χ1v) is 8.17. The third-order valence-corrected chi connectivity index (χ3v) is 4.60. The van der Waals surface area contributed by atoms with Crippen LogP contribution in [0.25, 0.3) is 0 Å². The van der Waals surface area contributed by atoms with Gasteiger partial charge in [0.2, 0.25) is 0 Å². The molecule has 20 heavy (non-hydrogen) atoms. The summed E-state index contributed by atoms with van der Waals surface area (Å²) >= 11 is 3.26. The smallest absolute Gasteiger partial charge is 0.263 e. The number of rotatable bonds is 5. The van der Waals surface area contributed by atoms with E-state index in [1.165, 1.54) is 6.20 Å². The van der Waals surface area contributed by atoms with Crippen molar-refractivity contribution in [2.24, 2.45) is 0 Å². The lowest BCUT2D eigenvalue weighted by molar-refractivity contribution is 0.601. The van der Waals surface area contributed by atoms with Crippen molar-refractivity contribution in [3.63, 3.8) is 0 Å². The molecule has 2 rings (SSSR count). The highest BCUT2D eigenvalue weighted by Gasteiger charge is 2.15. The molecule has 0 bridgehead atoms. The van der Waals surface area contributed by atoms with Crippen molar-refractivity contribution in [2.75, 3.05) is 11.8 Å². The molecule has 1 aromatic carbocycles. The van der Waals surface area contributed by atoms with Crippen molar-refractivity contribution in [3.8, 4) is 0 Å². The number of pyridine rings is 1. The van der Waals surface area contributed by atoms with Gasteiger partial charge in [0, 0.05) is 12.7 Å². The maximum Gasteiger partial charge on any atom is 0.263 e. The number of aromatic nitrogens is 1. The molecule has 1 heterocycles. The molecular formula is C13H14BrN3O2S. The summed E-state index contributed by atoms with van der Waals surface area (Å²) in [5, 5.41) is 3.01. The monoisotopic (exact) mass is 355 g/mol. The first kappa shape index (κ1) is 15.0. The molecule has 0 aliphatic rings. The topological polar surface area (TPSA) is 71.1 Å². The van der Waals surface area contributed by atoms with E-state index in [1.807, 2.05) is 7.05 Å². The van der Waals surface area contributed by atoms with Crippen LogP contribution in [0.3, 0.4) is 0 Å². The molecule has 0 saturated heterocycles. The molecule has 0 amide bonds. The molecule has 2 N–H and O–H groups in total. The van der Waals surface area contributed by atoms with Crippen LogP contribution in [-0.4, -0.2) is 20.4 Å². The molecular weight excluding hydrogens is 342 g/mol. The number of hydrogen-bond donors (Lipinski definition) is 2. The Morgan fingerprint density at radius 3 is 2.50 bits per heavy atom. The number of nitrogens with one attached hydrogen (secondary N) is 2. The number of sulfonamides is 1. The second-order valence-electron chi connectivity index (χ2n) is 4.11. The molecule has 0 saturated carbocycles. The predicted octanol–water partition coefficient (Wildman–Crippen LogP) is 2.36. The number of hydrogen-bond acceptors (Lipinski definition) is 4. The fraction of sp³-hybridized carbons (Fsp3) is 0.154. The van der Waals surface area contributed by atoms with Crippen LogP contribution in [0.4, 0.5) is 5.82 Å². The zero-order chi connectivity index (χ0) is 14.6. The summed E-state index contributed by atoms with van der Waals surface area (Å²) < 4.78 is 27.5. The SMILES string of the molecule is CNCc1ccc(S(=O)(=O)Nc2ncccc2Br)cc1. The highest BCUT2D eigenvalue weighted by atomic mass is 79.9. The van der Waals surface area contributed by atoms with Crippen LogP contribution < -0.4 is 10.0 Å². The van der Waals surface area contributed by atoms with Crippen molar-refractivity contribution in [2.45, 2.75) is 11.4 Å². The summed E-state index contributed by atoms with van der Waals surface area (Å²) in [6.07, 6.45) is 1.53. The van der Waals surface area contributed by atoms with Gasteiger partial charge in [-0.2, -0.15) is 0 Å². The molecule has 0 spiro atoms. The summed E-state index contributed by atoms with van der Waals surface area (Å²) in [7, 11) is -1.79. The van der Waals surface area contributed by atoms with Crippen LogP contribution in [-0.2, 0) is 16.6 Å². The summed E-state index contributed by atoms with van der Waals surface area (Å²) in [6, 6.07) is 10.1. The lowest BCUT2D eigenvalue weighted by Gasteiger charge is -2.09. The molecule has 106 valence electrons. The van der Waals surface area contributed by atoms with Gasteiger partial charge in [-0.3, -0.25) is 4.72 Å². The third kappa shape index (κ3) is 3.56. The van der Waals surface area contributed by atoms with Gasteiger partial charge < -0.3 is 5.32 Å². The minimum absolute atomic E-state index is 0.204. The lowest BCUT2D eigenvalue weighted by Crippen LogP contribution is -2.14. The summed E-state index contributed by atoms with van der Waals surface area (Å²) in [5.74, 6) is 0.270. The van der Waals surface area contributed by atoms with Crippen LogP contribution in [0.2, 0.25) is 0 Å². The standard InChI is InChI=1S/C13H14BrN3O2S/c1-15-9-10-4-6-11(7-5-10)20(18,19)17-13-12(14)3-2-8-16-13/h2-8,15H,9H2,1H3,(H,16,17). The van der Waals surface area contributed by atoms with Gasteiger partial charge in [0.05, 0.1) is 9.37 Å². The Labute approximate surface area is 126 Å². The first-order chi connectivity index (χ1) is 9.53. The fourth-order valence-corrected chi connectivity index (χ4v) is 3.15. The Morgan fingerprint density at radius 1 is 1.20 bits per heavy atom. The summed E-state index contributed by atoms with van der Waals surface area (Å²) in [6.45, 7) is 0.694. The molecule has 0 unspecified atom stereocenters. The van der Waals surface area contributed by atoms with E-state index in [2.05, 4.69) is 31.0 Å². The van der Waals surface area contributed by atoms with E-state index in [4.69, 9.17) is 0 Å². The minimum atomic E-state index is -3.63. The molecule has 0 radical (unpaired) electrons. The van der Waals surface area contributed by atoms with E-state index >= 15 is 0 Å². The maximum absolute atomic E-state index is 12.2. The van der Waals surface area contributed by atoms with Gasteiger partial charge >= 0.3 is 0 Å². The predicted molar refractivity (Wildman–Crippen MR) is 82.0 cm³/mol. The highest BCUT2D eigenvalue weighted by Crippen LogP contribution is 2.22. The van der Waals surface area contributed by atoms with Gasteiger partial charge in [-0.05, 0) is 52.8 Å². The third-order valence-electron chi connectivity index (χ3n) is 2.60. The van der Waals surface area contributed by atoms with Crippen LogP contribution in [0.1, 0.15) is 5.56 Å². The Bertz CT molecular complexity index is 687. The zero-order valence-corrected chi connectivity index (χ0v) is 13.2. The Morgan fingerprint density at radius 2 is 1.90 bits per heavy atom.